The summed E-state index contributed by atoms with van der Waals surface area (Å²) in [5, 5.41) is 6.22. The van der Waals surface area contributed by atoms with E-state index < -0.39 is 17.7 Å². The van der Waals surface area contributed by atoms with Crippen molar-refractivity contribution < 1.29 is 19.2 Å². The Morgan fingerprint density at radius 3 is 2.65 bits per heavy atom. The Kier molecular flexibility index (Phi) is 6.35. The molecular weight excluding hydrogens is 336 g/mol. The predicted molar refractivity (Wildman–Crippen MR) is 98.7 cm³/mol. The molecule has 8 nitrogen and oxygen atoms in total. The Labute approximate surface area is 152 Å². The van der Waals surface area contributed by atoms with Gasteiger partial charge in [-0.1, -0.05) is 18.2 Å². The van der Waals surface area contributed by atoms with Gasteiger partial charge in [0, 0.05) is 11.6 Å². The van der Waals surface area contributed by atoms with Gasteiger partial charge in [-0.3, -0.25) is 9.82 Å². The number of ether oxygens (including phenoxy) is 1. The maximum Gasteiger partial charge on any atom is 0.407 e. The first-order valence-corrected chi connectivity index (χ1v) is 8.26. The highest BCUT2D eigenvalue weighted by molar-refractivity contribution is 5.99. The number of para-hydroxylation sites is 1. The minimum Gasteiger partial charge on any atom is -0.444 e. The van der Waals surface area contributed by atoms with Gasteiger partial charge in [0.2, 0.25) is 0 Å². The number of urea groups is 1. The van der Waals surface area contributed by atoms with Crippen molar-refractivity contribution in [2.24, 2.45) is 0 Å². The van der Waals surface area contributed by atoms with Gasteiger partial charge in [0.15, 0.2) is 0 Å². The zero-order chi connectivity index (χ0) is 19.2. The molecule has 0 aliphatic rings. The lowest BCUT2D eigenvalue weighted by molar-refractivity contribution is 0.0343. The van der Waals surface area contributed by atoms with Crippen LogP contribution in [0.5, 0.6) is 0 Å². The number of anilines is 1. The van der Waals surface area contributed by atoms with Crippen LogP contribution < -0.4 is 16.1 Å². The van der Waals surface area contributed by atoms with Crippen LogP contribution in [0.1, 0.15) is 27.7 Å². The number of alkyl carbamates (subject to hydrolysis) is 1. The molecule has 1 atom stereocenters. The van der Waals surface area contributed by atoms with Gasteiger partial charge >= 0.3 is 12.1 Å². The summed E-state index contributed by atoms with van der Waals surface area (Å²) in [4.78, 5) is 33.0. The molecule has 3 amide bonds. The van der Waals surface area contributed by atoms with Crippen molar-refractivity contribution in [3.8, 4) is 0 Å². The van der Waals surface area contributed by atoms with Crippen LogP contribution >= 0.6 is 0 Å². The summed E-state index contributed by atoms with van der Waals surface area (Å²) in [5.74, 6) is 0. The molecule has 0 fully saturated rings. The van der Waals surface area contributed by atoms with Crippen molar-refractivity contribution in [3.63, 3.8) is 0 Å². The lowest BCUT2D eigenvalue weighted by Crippen LogP contribution is -2.41. The lowest BCUT2D eigenvalue weighted by Gasteiger charge is -2.21. The molecule has 0 saturated carbocycles. The average Bonchev–Trinajstić information content (AvgIpc) is 2.53. The minimum atomic E-state index is -0.574. The number of aromatic nitrogens is 1. The molecule has 1 heterocycles. The monoisotopic (exact) mass is 360 g/mol. The van der Waals surface area contributed by atoms with E-state index in [2.05, 4.69) is 21.1 Å². The lowest BCUT2D eigenvalue weighted by atomic mass is 10.2. The van der Waals surface area contributed by atoms with Gasteiger partial charge in [-0.2, -0.15) is 0 Å². The highest BCUT2D eigenvalue weighted by Crippen LogP contribution is 2.20. The number of hydrogen-bond acceptors (Lipinski definition) is 5. The number of hydrogen-bond donors (Lipinski definition) is 3. The molecule has 0 spiro atoms. The number of amides is 3. The first-order valence-electron chi connectivity index (χ1n) is 8.26. The second-order valence-corrected chi connectivity index (χ2v) is 6.80. The van der Waals surface area contributed by atoms with Crippen molar-refractivity contribution in [1.29, 1.82) is 0 Å². The molecular formula is C18H24N4O4. The van der Waals surface area contributed by atoms with Crippen LogP contribution in [-0.4, -0.2) is 35.4 Å². The summed E-state index contributed by atoms with van der Waals surface area (Å²) in [7, 11) is 0. The van der Waals surface area contributed by atoms with Crippen LogP contribution in [0.4, 0.5) is 15.3 Å². The van der Waals surface area contributed by atoms with Crippen LogP contribution in [0.15, 0.2) is 36.5 Å². The molecule has 3 N–H and O–H groups in total. The molecule has 0 saturated heterocycles. The Hall–Kier alpha value is -2.87. The number of carbonyl (C=O) groups is 2. The van der Waals surface area contributed by atoms with Crippen molar-refractivity contribution in [2.45, 2.75) is 39.3 Å². The van der Waals surface area contributed by atoms with Crippen LogP contribution in [0.25, 0.3) is 10.9 Å². The maximum absolute atomic E-state index is 12.0. The Morgan fingerprint density at radius 1 is 1.19 bits per heavy atom. The maximum atomic E-state index is 12.0. The third-order valence-electron chi connectivity index (χ3n) is 3.14. The number of benzene rings is 1. The molecule has 0 unspecified atom stereocenters. The molecule has 0 aliphatic heterocycles. The van der Waals surface area contributed by atoms with Crippen LogP contribution in [0.2, 0.25) is 0 Å². The molecule has 1 aromatic heterocycles. The van der Waals surface area contributed by atoms with Crippen LogP contribution in [-0.2, 0) is 9.57 Å². The number of hydroxylamine groups is 1. The number of rotatable bonds is 5. The predicted octanol–water partition coefficient (Wildman–Crippen LogP) is 3.20. The molecule has 0 aliphatic carbocycles. The first kappa shape index (κ1) is 19.5. The van der Waals surface area contributed by atoms with E-state index in [0.29, 0.717) is 11.2 Å². The zero-order valence-electron chi connectivity index (χ0n) is 15.3. The molecule has 0 bridgehead atoms. The summed E-state index contributed by atoms with van der Waals surface area (Å²) in [6.07, 6.45) is 1.12. The van der Waals surface area contributed by atoms with E-state index in [1.54, 1.807) is 40.0 Å². The summed E-state index contributed by atoms with van der Waals surface area (Å²) >= 11 is 0. The standard InChI is InChI=1S/C18H24N4O4/c1-12(20-17(24)26-18(2,3)4)11-25-22-16(23)21-14-9-5-7-13-8-6-10-19-15(13)14/h5-10,12H,11H2,1-4H3,(H,20,24)(H2,21,22,23)/t12-/m1/s1. The van der Waals surface area contributed by atoms with Crippen LogP contribution in [0.3, 0.4) is 0 Å². The van der Waals surface area contributed by atoms with E-state index in [0.717, 1.165) is 5.39 Å². The average molecular weight is 360 g/mol. The second kappa shape index (κ2) is 8.48. The summed E-state index contributed by atoms with van der Waals surface area (Å²) in [6.45, 7) is 7.16. The van der Waals surface area contributed by atoms with E-state index in [-0.39, 0.29) is 12.6 Å². The minimum absolute atomic E-state index is 0.0838. The fraction of sp³-hybridized carbons (Fsp3) is 0.389. The fourth-order valence-electron chi connectivity index (χ4n) is 2.14. The van der Waals surface area contributed by atoms with Gasteiger partial charge in [-0.15, -0.1) is 0 Å². The summed E-state index contributed by atoms with van der Waals surface area (Å²) in [6, 6.07) is 8.35. The molecule has 2 rings (SSSR count). The van der Waals surface area contributed by atoms with E-state index in [4.69, 9.17) is 9.57 Å². The highest BCUT2D eigenvalue weighted by atomic mass is 16.7. The van der Waals surface area contributed by atoms with E-state index in [1.807, 2.05) is 24.3 Å². The molecule has 1 aromatic carbocycles. The van der Waals surface area contributed by atoms with Gasteiger partial charge in [0.1, 0.15) is 5.60 Å². The molecule has 8 heteroatoms. The SMILES string of the molecule is C[C@H](CONC(=O)Nc1cccc2cccnc12)NC(=O)OC(C)(C)C. The fourth-order valence-corrected chi connectivity index (χ4v) is 2.14. The largest absolute Gasteiger partial charge is 0.444 e. The second-order valence-electron chi connectivity index (χ2n) is 6.80. The Bertz CT molecular complexity index is 768. The van der Waals surface area contributed by atoms with Crippen molar-refractivity contribution in [3.05, 3.63) is 36.5 Å². The van der Waals surface area contributed by atoms with Gasteiger partial charge < -0.3 is 15.4 Å². The molecule has 2 aromatic rings. The van der Waals surface area contributed by atoms with Gasteiger partial charge in [-0.25, -0.2) is 15.1 Å². The van der Waals surface area contributed by atoms with Crippen molar-refractivity contribution in [1.82, 2.24) is 15.8 Å². The first-order chi connectivity index (χ1) is 12.2. The third kappa shape index (κ3) is 6.21. The normalized spacial score (nSPS) is 12.3. The number of carbonyl (C=O) groups excluding carboxylic acids is 2. The molecule has 26 heavy (non-hydrogen) atoms. The number of fused-ring (bicyclic) bond motifs is 1. The van der Waals surface area contributed by atoms with Gasteiger partial charge in [0.25, 0.3) is 0 Å². The van der Waals surface area contributed by atoms with E-state index in [1.165, 1.54) is 0 Å². The Balaban J connectivity index is 1.77. The van der Waals surface area contributed by atoms with Gasteiger partial charge in [0.05, 0.1) is 23.9 Å². The number of nitrogens with zero attached hydrogens (tertiary/aromatic N) is 1. The van der Waals surface area contributed by atoms with Crippen molar-refractivity contribution in [2.75, 3.05) is 11.9 Å². The quantitative estimate of drug-likeness (QED) is 0.711. The van der Waals surface area contributed by atoms with E-state index in [9.17, 15) is 9.59 Å². The topological polar surface area (TPSA) is 102 Å². The smallest absolute Gasteiger partial charge is 0.407 e. The highest BCUT2D eigenvalue weighted by Gasteiger charge is 2.17. The van der Waals surface area contributed by atoms with E-state index >= 15 is 0 Å². The number of nitrogens with one attached hydrogen (secondary N) is 3. The van der Waals surface area contributed by atoms with Crippen LogP contribution in [0, 0.1) is 0 Å². The summed E-state index contributed by atoms with van der Waals surface area (Å²) < 4.78 is 5.14. The molecule has 140 valence electrons. The molecule has 0 radical (unpaired) electrons. The van der Waals surface area contributed by atoms with Gasteiger partial charge in [-0.05, 0) is 39.8 Å². The summed E-state index contributed by atoms with van der Waals surface area (Å²) in [5.41, 5.74) is 2.96. The number of pyridine rings is 1. The Morgan fingerprint density at radius 2 is 1.92 bits per heavy atom. The zero-order valence-corrected chi connectivity index (χ0v) is 15.3. The van der Waals surface area contributed by atoms with Crippen molar-refractivity contribution >= 4 is 28.7 Å². The third-order valence-corrected chi connectivity index (χ3v) is 3.14.